The van der Waals surface area contributed by atoms with E-state index < -0.39 is 16.1 Å². The Morgan fingerprint density at radius 3 is 2.85 bits per heavy atom. The molecule has 0 radical (unpaired) electrons. The van der Waals surface area contributed by atoms with Gasteiger partial charge in [0.25, 0.3) is 0 Å². The Labute approximate surface area is 125 Å². The van der Waals surface area contributed by atoms with Crippen molar-refractivity contribution in [2.45, 2.75) is 30.8 Å². The molecule has 0 fully saturated rings. The average Bonchev–Trinajstić information content (AvgIpc) is 2.66. The molecule has 1 aromatic carbocycles. The quantitative estimate of drug-likeness (QED) is 0.727. The Balaban J connectivity index is 2.24. The fraction of sp³-hybridized carbons (Fsp3) is 0.417. The van der Waals surface area contributed by atoms with Gasteiger partial charge in [0, 0.05) is 16.7 Å². The van der Waals surface area contributed by atoms with Crippen LogP contribution in [0.1, 0.15) is 18.9 Å². The summed E-state index contributed by atoms with van der Waals surface area (Å²) in [5.41, 5.74) is 1.29. The van der Waals surface area contributed by atoms with Crippen LogP contribution in [0.5, 0.6) is 0 Å². The number of hydrogen-bond acceptors (Lipinski definition) is 4. The normalized spacial score (nSPS) is 15.8. The molecule has 110 valence electrons. The smallest absolute Gasteiger partial charge is 0.241 e. The third-order valence-electron chi connectivity index (χ3n) is 2.93. The molecule has 6 nitrogen and oxygen atoms in total. The molecule has 1 aromatic rings. The Hall–Kier alpha value is -0.960. The molecule has 0 aromatic heterocycles. The number of aliphatic hydroxyl groups is 1. The molecular weight excluding hydrogens is 348 g/mol. The topological polar surface area (TPSA) is 95.5 Å². The first-order chi connectivity index (χ1) is 9.29. The lowest BCUT2D eigenvalue weighted by atomic mass is 10.2. The molecule has 1 heterocycles. The highest BCUT2D eigenvalue weighted by Gasteiger charge is 2.24. The summed E-state index contributed by atoms with van der Waals surface area (Å²) in [7, 11) is -3.67. The maximum atomic E-state index is 12.2. The standard InChI is InChI=1S/C12H15BrN2O4S/c1-7(16)2-3-14-20(18,19)11-4-8-5-12(17)15-10(8)6-9(11)13/h4,6-7,14,16H,2-3,5H2,1H3,(H,15,17). The van der Waals surface area contributed by atoms with Crippen molar-refractivity contribution < 1.29 is 18.3 Å². The molecule has 0 bridgehead atoms. The van der Waals surface area contributed by atoms with Gasteiger partial charge < -0.3 is 10.4 Å². The summed E-state index contributed by atoms with van der Waals surface area (Å²) in [6.45, 7) is 1.75. The number of nitrogens with one attached hydrogen (secondary N) is 2. The predicted octanol–water partition coefficient (Wildman–Crippen LogP) is 0.993. The van der Waals surface area contributed by atoms with E-state index in [1.54, 1.807) is 13.0 Å². The summed E-state index contributed by atoms with van der Waals surface area (Å²) < 4.78 is 27.2. The van der Waals surface area contributed by atoms with Gasteiger partial charge in [0.05, 0.1) is 17.4 Å². The molecule has 0 spiro atoms. The molecule has 2 rings (SSSR count). The lowest BCUT2D eigenvalue weighted by Crippen LogP contribution is -2.27. The van der Waals surface area contributed by atoms with Gasteiger partial charge in [-0.15, -0.1) is 0 Å². The largest absolute Gasteiger partial charge is 0.393 e. The fourth-order valence-corrected chi connectivity index (χ4v) is 4.05. The molecule has 1 amide bonds. The summed E-state index contributed by atoms with van der Waals surface area (Å²) in [5.74, 6) is -0.150. The van der Waals surface area contributed by atoms with Crippen molar-refractivity contribution in [1.29, 1.82) is 0 Å². The summed E-state index contributed by atoms with van der Waals surface area (Å²) in [5, 5.41) is 11.8. The molecule has 1 atom stereocenters. The number of sulfonamides is 1. The first-order valence-corrected chi connectivity index (χ1v) is 8.37. The number of halogens is 1. The second-order valence-corrected chi connectivity index (χ2v) is 7.29. The molecule has 1 aliphatic heterocycles. The average molecular weight is 363 g/mol. The van der Waals surface area contributed by atoms with Gasteiger partial charge in [0.15, 0.2) is 0 Å². The van der Waals surface area contributed by atoms with Gasteiger partial charge in [-0.05, 0) is 47.0 Å². The summed E-state index contributed by atoms with van der Waals surface area (Å²) >= 11 is 3.21. The minimum absolute atomic E-state index is 0.0957. The number of benzene rings is 1. The molecule has 0 saturated heterocycles. The van der Waals surface area contributed by atoms with Crippen LogP contribution in [-0.2, 0) is 21.2 Å². The number of carbonyl (C=O) groups excluding carboxylic acids is 1. The molecule has 20 heavy (non-hydrogen) atoms. The Bertz CT molecular complexity index is 643. The van der Waals surface area contributed by atoms with Crippen LogP contribution >= 0.6 is 15.9 Å². The number of aliphatic hydroxyl groups excluding tert-OH is 1. The van der Waals surface area contributed by atoms with Crippen LogP contribution in [-0.4, -0.2) is 32.1 Å². The first-order valence-electron chi connectivity index (χ1n) is 6.09. The highest BCUT2D eigenvalue weighted by molar-refractivity contribution is 9.10. The number of carbonyl (C=O) groups is 1. The number of anilines is 1. The second-order valence-electron chi connectivity index (χ2n) is 4.70. The lowest BCUT2D eigenvalue weighted by Gasteiger charge is -2.11. The molecule has 8 heteroatoms. The van der Waals surface area contributed by atoms with Gasteiger partial charge >= 0.3 is 0 Å². The monoisotopic (exact) mass is 362 g/mol. The van der Waals surface area contributed by atoms with Crippen LogP contribution in [0.25, 0.3) is 0 Å². The zero-order chi connectivity index (χ0) is 14.9. The van der Waals surface area contributed by atoms with Crippen molar-refractivity contribution in [2.24, 2.45) is 0 Å². The second kappa shape index (κ2) is 5.80. The van der Waals surface area contributed by atoms with E-state index in [1.165, 1.54) is 6.07 Å². The number of fused-ring (bicyclic) bond motifs is 1. The van der Waals surface area contributed by atoms with Crippen LogP contribution in [0.3, 0.4) is 0 Å². The number of rotatable bonds is 5. The SMILES string of the molecule is CC(O)CCNS(=O)(=O)c1cc2c(cc1Br)NC(=O)C2. The van der Waals surface area contributed by atoms with E-state index in [-0.39, 0.29) is 23.8 Å². The van der Waals surface area contributed by atoms with Crippen molar-refractivity contribution in [3.8, 4) is 0 Å². The fourth-order valence-electron chi connectivity index (χ4n) is 1.91. The van der Waals surface area contributed by atoms with Crippen LogP contribution in [0.4, 0.5) is 5.69 Å². The van der Waals surface area contributed by atoms with E-state index in [9.17, 15) is 13.2 Å². The van der Waals surface area contributed by atoms with E-state index in [0.29, 0.717) is 22.1 Å². The van der Waals surface area contributed by atoms with E-state index in [0.717, 1.165) is 0 Å². The van der Waals surface area contributed by atoms with Crippen molar-refractivity contribution in [3.63, 3.8) is 0 Å². The Morgan fingerprint density at radius 2 is 2.20 bits per heavy atom. The minimum Gasteiger partial charge on any atom is -0.393 e. The highest BCUT2D eigenvalue weighted by atomic mass is 79.9. The molecule has 1 unspecified atom stereocenters. The van der Waals surface area contributed by atoms with Crippen LogP contribution in [0, 0.1) is 0 Å². The maximum absolute atomic E-state index is 12.2. The van der Waals surface area contributed by atoms with Crippen LogP contribution < -0.4 is 10.0 Å². The van der Waals surface area contributed by atoms with Crippen molar-refractivity contribution in [2.75, 3.05) is 11.9 Å². The van der Waals surface area contributed by atoms with Crippen LogP contribution in [0.2, 0.25) is 0 Å². The van der Waals surface area contributed by atoms with Gasteiger partial charge in [-0.1, -0.05) is 0 Å². The van der Waals surface area contributed by atoms with E-state index >= 15 is 0 Å². The van der Waals surface area contributed by atoms with Crippen molar-refractivity contribution in [1.82, 2.24) is 4.72 Å². The molecular formula is C12H15BrN2O4S. The van der Waals surface area contributed by atoms with Crippen LogP contribution in [0.15, 0.2) is 21.5 Å². The van der Waals surface area contributed by atoms with Gasteiger partial charge in [0.1, 0.15) is 0 Å². The summed E-state index contributed by atoms with van der Waals surface area (Å²) in [4.78, 5) is 11.4. The van der Waals surface area contributed by atoms with Gasteiger partial charge in [-0.2, -0.15) is 0 Å². The van der Waals surface area contributed by atoms with E-state index in [2.05, 4.69) is 26.0 Å². The summed E-state index contributed by atoms with van der Waals surface area (Å²) in [6, 6.07) is 3.07. The molecule has 0 saturated carbocycles. The third-order valence-corrected chi connectivity index (χ3v) is 5.35. The highest BCUT2D eigenvalue weighted by Crippen LogP contribution is 2.32. The van der Waals surface area contributed by atoms with Gasteiger partial charge in [-0.25, -0.2) is 13.1 Å². The van der Waals surface area contributed by atoms with Crippen molar-refractivity contribution in [3.05, 3.63) is 22.2 Å². The van der Waals surface area contributed by atoms with Gasteiger partial charge in [-0.3, -0.25) is 4.79 Å². The van der Waals surface area contributed by atoms with Crippen molar-refractivity contribution >= 4 is 37.5 Å². The zero-order valence-corrected chi connectivity index (χ0v) is 13.2. The number of amides is 1. The van der Waals surface area contributed by atoms with E-state index in [1.807, 2.05) is 0 Å². The Kier molecular flexibility index (Phi) is 4.48. The number of hydrogen-bond donors (Lipinski definition) is 3. The first kappa shape index (κ1) is 15.4. The van der Waals surface area contributed by atoms with E-state index in [4.69, 9.17) is 5.11 Å². The Morgan fingerprint density at radius 1 is 1.50 bits per heavy atom. The maximum Gasteiger partial charge on any atom is 0.241 e. The lowest BCUT2D eigenvalue weighted by molar-refractivity contribution is -0.115. The molecule has 0 aliphatic carbocycles. The van der Waals surface area contributed by atoms with Gasteiger partial charge in [0.2, 0.25) is 15.9 Å². The third kappa shape index (κ3) is 3.38. The molecule has 3 N–H and O–H groups in total. The predicted molar refractivity (Wildman–Crippen MR) is 78.0 cm³/mol. The minimum atomic E-state index is -3.67. The molecule has 1 aliphatic rings. The zero-order valence-electron chi connectivity index (χ0n) is 10.8. The summed E-state index contributed by atoms with van der Waals surface area (Å²) in [6.07, 6.45) is -0.0522.